The van der Waals surface area contributed by atoms with Crippen molar-refractivity contribution in [1.82, 2.24) is 0 Å². The Labute approximate surface area is 112 Å². The largest absolute Gasteiger partial charge is 0.489 e. The Balaban J connectivity index is 3.70. The maximum Gasteiger partial charge on any atom is 0.339 e. The third-order valence-electron chi connectivity index (χ3n) is 2.12. The Morgan fingerprint density at radius 1 is 1.53 bits per heavy atom. The molecule has 0 saturated heterocycles. The minimum atomic E-state index is -1.43. The molecule has 0 fully saturated rings. The lowest BCUT2D eigenvalue weighted by Crippen LogP contribution is -2.11. The van der Waals surface area contributed by atoms with Gasteiger partial charge in [0.15, 0.2) is 0 Å². The minimum absolute atomic E-state index is 0.264. The van der Waals surface area contributed by atoms with E-state index in [-0.39, 0.29) is 10.7 Å². The van der Waals surface area contributed by atoms with Gasteiger partial charge in [0.25, 0.3) is 0 Å². The van der Waals surface area contributed by atoms with Crippen molar-refractivity contribution < 1.29 is 24.4 Å². The summed E-state index contributed by atoms with van der Waals surface area (Å²) in [6, 6.07) is 0.973. The van der Waals surface area contributed by atoms with Crippen LogP contribution in [0.1, 0.15) is 17.3 Å². The van der Waals surface area contributed by atoms with Crippen LogP contribution in [-0.4, -0.2) is 29.0 Å². The van der Waals surface area contributed by atoms with Gasteiger partial charge in [-0.2, -0.15) is 0 Å². The number of carbonyl (C=O) groups is 2. The highest BCUT2D eigenvalue weighted by Gasteiger charge is 2.30. The van der Waals surface area contributed by atoms with E-state index >= 15 is 0 Å². The zero-order chi connectivity index (χ0) is 14.7. The molecule has 2 N–H and O–H groups in total. The Hall–Kier alpha value is -2.35. The van der Waals surface area contributed by atoms with Crippen molar-refractivity contribution in [1.29, 1.82) is 0 Å². The number of halogens is 1. The van der Waals surface area contributed by atoms with Gasteiger partial charge in [-0.05, 0) is 6.07 Å². The fourth-order valence-corrected chi connectivity index (χ4v) is 1.70. The highest BCUT2D eigenvalue weighted by molar-refractivity contribution is 6.35. The van der Waals surface area contributed by atoms with Gasteiger partial charge in [-0.25, -0.2) is 4.79 Å². The maximum atomic E-state index is 11.0. The van der Waals surface area contributed by atoms with E-state index in [9.17, 15) is 19.7 Å². The number of ether oxygens (including phenoxy) is 1. The molecule has 1 aromatic carbocycles. The van der Waals surface area contributed by atoms with Crippen molar-refractivity contribution in [3.8, 4) is 5.75 Å². The number of rotatable bonds is 4. The van der Waals surface area contributed by atoms with Crippen LogP contribution in [0, 0.1) is 10.1 Å². The number of carbonyl (C=O) groups excluding carboxylic acids is 1. The maximum absolute atomic E-state index is 11.0. The molecule has 9 heteroatoms. The number of carboxylic acid groups (broad SMARTS) is 1. The van der Waals surface area contributed by atoms with Crippen molar-refractivity contribution in [3.05, 3.63) is 26.8 Å². The van der Waals surface area contributed by atoms with E-state index in [1.54, 1.807) is 0 Å². The molecule has 1 aromatic rings. The zero-order valence-corrected chi connectivity index (χ0v) is 10.6. The van der Waals surface area contributed by atoms with Crippen molar-refractivity contribution in [2.75, 3.05) is 12.4 Å². The highest BCUT2D eigenvalue weighted by Crippen LogP contribution is 2.42. The SMILES string of the molecule is COc1c(C(=O)O)cc(Cl)c(NC(C)=O)c1[N+](=O)[O-]. The molecule has 102 valence electrons. The lowest BCUT2D eigenvalue weighted by Gasteiger charge is -2.11. The summed E-state index contributed by atoms with van der Waals surface area (Å²) in [6.45, 7) is 1.14. The highest BCUT2D eigenvalue weighted by atomic mass is 35.5. The summed E-state index contributed by atoms with van der Waals surface area (Å²) in [6.07, 6.45) is 0. The Morgan fingerprint density at radius 3 is 2.47 bits per heavy atom. The van der Waals surface area contributed by atoms with Crippen molar-refractivity contribution in [2.45, 2.75) is 6.92 Å². The molecular formula is C10H9ClN2O6. The second kappa shape index (κ2) is 5.53. The molecule has 1 rings (SSSR count). The van der Waals surface area contributed by atoms with E-state index in [1.807, 2.05) is 0 Å². The van der Waals surface area contributed by atoms with Crippen LogP contribution in [0.4, 0.5) is 11.4 Å². The van der Waals surface area contributed by atoms with Gasteiger partial charge in [0.05, 0.1) is 17.1 Å². The number of methoxy groups -OCH3 is 1. The van der Waals surface area contributed by atoms with Gasteiger partial charge in [0.2, 0.25) is 11.7 Å². The lowest BCUT2D eigenvalue weighted by molar-refractivity contribution is -0.384. The molecule has 0 aliphatic rings. The quantitative estimate of drug-likeness (QED) is 0.645. The molecular weight excluding hydrogens is 280 g/mol. The number of hydrogen-bond acceptors (Lipinski definition) is 5. The van der Waals surface area contributed by atoms with Crippen LogP contribution in [0.3, 0.4) is 0 Å². The standard InChI is InChI=1S/C10H9ClN2O6/c1-4(14)12-7-6(11)3-5(10(15)16)9(19-2)8(7)13(17)18/h3H,1-2H3,(H,12,14)(H,15,16). The first kappa shape index (κ1) is 14.7. The summed E-state index contributed by atoms with van der Waals surface area (Å²) in [5, 5.41) is 21.9. The van der Waals surface area contributed by atoms with Crippen molar-refractivity contribution in [2.24, 2.45) is 0 Å². The number of nitrogens with zero attached hydrogens (tertiary/aromatic N) is 1. The topological polar surface area (TPSA) is 119 Å². The first-order valence-corrected chi connectivity index (χ1v) is 5.23. The van der Waals surface area contributed by atoms with Crippen LogP contribution in [0.5, 0.6) is 5.75 Å². The number of nitro benzene ring substituents is 1. The first-order chi connectivity index (χ1) is 8.79. The molecule has 0 radical (unpaired) electrons. The number of nitrogens with one attached hydrogen (secondary N) is 1. The average molecular weight is 289 g/mol. The van der Waals surface area contributed by atoms with Gasteiger partial charge in [-0.1, -0.05) is 11.6 Å². The van der Waals surface area contributed by atoms with Gasteiger partial charge in [-0.3, -0.25) is 14.9 Å². The summed E-state index contributed by atoms with van der Waals surface area (Å²) in [4.78, 5) is 32.2. The van der Waals surface area contributed by atoms with Gasteiger partial charge >= 0.3 is 11.7 Å². The number of carboxylic acids is 1. The Bertz CT molecular complexity index is 572. The Kier molecular flexibility index (Phi) is 4.28. The average Bonchev–Trinajstić information content (AvgIpc) is 2.29. The van der Waals surface area contributed by atoms with E-state index in [1.165, 1.54) is 0 Å². The van der Waals surface area contributed by atoms with E-state index < -0.39 is 33.8 Å². The molecule has 0 aromatic heterocycles. The molecule has 0 spiro atoms. The molecule has 0 aliphatic heterocycles. The van der Waals surface area contributed by atoms with E-state index in [4.69, 9.17) is 21.4 Å². The molecule has 0 atom stereocenters. The van der Waals surface area contributed by atoms with Crippen LogP contribution >= 0.6 is 11.6 Å². The molecule has 0 aliphatic carbocycles. The molecule has 0 unspecified atom stereocenters. The number of amides is 1. The fourth-order valence-electron chi connectivity index (χ4n) is 1.45. The number of nitro groups is 1. The summed E-state index contributed by atoms with van der Waals surface area (Å²) in [7, 11) is 1.08. The number of aromatic carboxylic acids is 1. The molecule has 19 heavy (non-hydrogen) atoms. The van der Waals surface area contributed by atoms with E-state index in [0.29, 0.717) is 0 Å². The molecule has 0 saturated carbocycles. The van der Waals surface area contributed by atoms with Crippen molar-refractivity contribution in [3.63, 3.8) is 0 Å². The lowest BCUT2D eigenvalue weighted by atomic mass is 10.1. The van der Waals surface area contributed by atoms with Crippen LogP contribution in [-0.2, 0) is 4.79 Å². The summed E-state index contributed by atoms with van der Waals surface area (Å²) < 4.78 is 4.74. The molecule has 8 nitrogen and oxygen atoms in total. The van der Waals surface area contributed by atoms with Crippen LogP contribution in [0.15, 0.2) is 6.07 Å². The first-order valence-electron chi connectivity index (χ1n) is 4.85. The zero-order valence-electron chi connectivity index (χ0n) is 9.89. The van der Waals surface area contributed by atoms with Crippen LogP contribution in [0.25, 0.3) is 0 Å². The van der Waals surface area contributed by atoms with Crippen LogP contribution in [0.2, 0.25) is 5.02 Å². The number of anilines is 1. The smallest absolute Gasteiger partial charge is 0.339 e. The molecule has 0 heterocycles. The fraction of sp³-hybridized carbons (Fsp3) is 0.200. The molecule has 1 amide bonds. The van der Waals surface area contributed by atoms with E-state index in [0.717, 1.165) is 20.1 Å². The van der Waals surface area contributed by atoms with Gasteiger partial charge in [-0.15, -0.1) is 0 Å². The van der Waals surface area contributed by atoms with Crippen LogP contribution < -0.4 is 10.1 Å². The van der Waals surface area contributed by atoms with Gasteiger partial charge in [0, 0.05) is 6.92 Å². The second-order valence-corrected chi connectivity index (χ2v) is 3.81. The second-order valence-electron chi connectivity index (χ2n) is 3.41. The van der Waals surface area contributed by atoms with Gasteiger partial charge in [0.1, 0.15) is 11.3 Å². The monoisotopic (exact) mass is 288 g/mol. The summed E-state index contributed by atoms with van der Waals surface area (Å²) in [5.74, 6) is -2.50. The normalized spacial score (nSPS) is 9.84. The summed E-state index contributed by atoms with van der Waals surface area (Å²) >= 11 is 5.76. The number of hydrogen-bond donors (Lipinski definition) is 2. The van der Waals surface area contributed by atoms with E-state index in [2.05, 4.69) is 5.32 Å². The third kappa shape index (κ3) is 2.91. The number of benzene rings is 1. The third-order valence-corrected chi connectivity index (χ3v) is 2.42. The minimum Gasteiger partial charge on any atom is -0.489 e. The van der Waals surface area contributed by atoms with Crippen molar-refractivity contribution >= 4 is 34.9 Å². The van der Waals surface area contributed by atoms with Gasteiger partial charge < -0.3 is 15.2 Å². The predicted molar refractivity (Wildman–Crippen MR) is 65.9 cm³/mol. The molecule has 0 bridgehead atoms. The summed E-state index contributed by atoms with van der Waals surface area (Å²) in [5.41, 5.74) is -1.48. The Morgan fingerprint density at radius 2 is 2.11 bits per heavy atom. The predicted octanol–water partition coefficient (Wildman–Crippen LogP) is 1.91.